The lowest BCUT2D eigenvalue weighted by Gasteiger charge is -2.30. The molecular weight excluding hydrogens is 184 g/mol. The van der Waals surface area contributed by atoms with E-state index in [2.05, 4.69) is 5.32 Å². The number of hydrogen-bond acceptors (Lipinski definition) is 4. The van der Waals surface area contributed by atoms with E-state index in [1.165, 1.54) is 0 Å². The van der Waals surface area contributed by atoms with Crippen molar-refractivity contribution in [2.24, 2.45) is 0 Å². The van der Waals surface area contributed by atoms with Crippen LogP contribution in [0.15, 0.2) is 0 Å². The summed E-state index contributed by atoms with van der Waals surface area (Å²) in [5.41, 5.74) is 0. The van der Waals surface area contributed by atoms with Gasteiger partial charge in [-0.2, -0.15) is 0 Å². The lowest BCUT2D eigenvalue weighted by atomic mass is 10.2. The zero-order valence-corrected chi connectivity index (χ0v) is 8.69. The van der Waals surface area contributed by atoms with E-state index in [-0.39, 0.29) is 24.6 Å². The third-order valence-corrected chi connectivity index (χ3v) is 2.49. The Morgan fingerprint density at radius 1 is 1.79 bits per heavy atom. The third-order valence-electron chi connectivity index (χ3n) is 2.49. The maximum atomic E-state index is 11.8. The average Bonchev–Trinajstić information content (AvgIpc) is 2.27. The summed E-state index contributed by atoms with van der Waals surface area (Å²) in [5.74, 6) is -0.0220. The molecule has 0 bridgehead atoms. The first-order valence-corrected chi connectivity index (χ1v) is 4.85. The van der Waals surface area contributed by atoms with Crippen LogP contribution >= 0.6 is 0 Å². The molecule has 2 N–H and O–H groups in total. The van der Waals surface area contributed by atoms with Crippen LogP contribution in [0.1, 0.15) is 6.92 Å². The van der Waals surface area contributed by atoms with E-state index < -0.39 is 0 Å². The number of nitrogens with one attached hydrogen (secondary N) is 1. The summed E-state index contributed by atoms with van der Waals surface area (Å²) >= 11 is 0. The summed E-state index contributed by atoms with van der Waals surface area (Å²) in [4.78, 5) is 13.3. The van der Waals surface area contributed by atoms with Crippen LogP contribution in [-0.2, 0) is 9.53 Å². The van der Waals surface area contributed by atoms with Crippen LogP contribution in [-0.4, -0.2) is 61.4 Å². The summed E-state index contributed by atoms with van der Waals surface area (Å²) in [6.07, 6.45) is 0. The molecule has 0 spiro atoms. The average molecular weight is 202 g/mol. The second kappa shape index (κ2) is 5.29. The van der Waals surface area contributed by atoms with Crippen molar-refractivity contribution in [3.05, 3.63) is 0 Å². The maximum absolute atomic E-state index is 11.8. The smallest absolute Gasteiger partial charge is 0.242 e. The number of likely N-dealkylation sites (N-methyl/N-ethyl adjacent to an activating group) is 1. The fourth-order valence-corrected chi connectivity index (χ4v) is 1.31. The summed E-state index contributed by atoms with van der Waals surface area (Å²) in [6, 6.07) is -0.408. The van der Waals surface area contributed by atoms with Crippen LogP contribution in [0.3, 0.4) is 0 Å². The zero-order valence-electron chi connectivity index (χ0n) is 8.69. The Kier molecular flexibility index (Phi) is 4.31. The summed E-state index contributed by atoms with van der Waals surface area (Å²) in [6.45, 7) is 3.57. The van der Waals surface area contributed by atoms with E-state index in [4.69, 9.17) is 9.84 Å². The number of carbonyl (C=O) groups excluding carboxylic acids is 1. The van der Waals surface area contributed by atoms with Crippen LogP contribution < -0.4 is 5.32 Å². The maximum Gasteiger partial charge on any atom is 0.242 e. The highest BCUT2D eigenvalue weighted by molar-refractivity contribution is 5.82. The molecule has 2 unspecified atom stereocenters. The minimum atomic E-state index is -0.261. The Morgan fingerprint density at radius 3 is 3.00 bits per heavy atom. The molecule has 1 rings (SSSR count). The number of amides is 1. The Morgan fingerprint density at radius 2 is 2.50 bits per heavy atom. The monoisotopic (exact) mass is 202 g/mol. The highest BCUT2D eigenvalue weighted by atomic mass is 16.5. The standard InChI is InChI=1S/C9H18N2O3/c1-7(5-12)11(2)9(13)8-6-14-4-3-10-8/h7-8,10,12H,3-6H2,1-2H3. The van der Waals surface area contributed by atoms with Gasteiger partial charge in [-0.25, -0.2) is 0 Å². The van der Waals surface area contributed by atoms with Crippen molar-refractivity contribution >= 4 is 5.91 Å². The molecular formula is C9H18N2O3. The van der Waals surface area contributed by atoms with Gasteiger partial charge in [0.15, 0.2) is 0 Å². The first-order valence-electron chi connectivity index (χ1n) is 4.85. The molecule has 14 heavy (non-hydrogen) atoms. The van der Waals surface area contributed by atoms with Crippen molar-refractivity contribution in [3.63, 3.8) is 0 Å². The SMILES string of the molecule is CC(CO)N(C)C(=O)C1COCCN1. The molecule has 1 heterocycles. The molecule has 1 aliphatic heterocycles. The molecule has 5 nitrogen and oxygen atoms in total. The molecule has 5 heteroatoms. The minimum Gasteiger partial charge on any atom is -0.394 e. The second-order valence-corrected chi connectivity index (χ2v) is 3.56. The molecule has 2 atom stereocenters. The van der Waals surface area contributed by atoms with Crippen molar-refractivity contribution in [2.45, 2.75) is 19.0 Å². The molecule has 0 aliphatic carbocycles. The van der Waals surface area contributed by atoms with Gasteiger partial charge in [-0.15, -0.1) is 0 Å². The van der Waals surface area contributed by atoms with Crippen molar-refractivity contribution in [2.75, 3.05) is 33.4 Å². The van der Waals surface area contributed by atoms with Crippen LogP contribution in [0.4, 0.5) is 0 Å². The van der Waals surface area contributed by atoms with E-state index in [0.717, 1.165) is 0 Å². The Labute approximate surface area is 84.0 Å². The topological polar surface area (TPSA) is 61.8 Å². The number of hydrogen-bond donors (Lipinski definition) is 2. The molecule has 1 fully saturated rings. The van der Waals surface area contributed by atoms with Crippen molar-refractivity contribution in [1.29, 1.82) is 0 Å². The number of morpholine rings is 1. The van der Waals surface area contributed by atoms with Gasteiger partial charge >= 0.3 is 0 Å². The van der Waals surface area contributed by atoms with Gasteiger partial charge < -0.3 is 20.1 Å². The van der Waals surface area contributed by atoms with Gasteiger partial charge in [-0.1, -0.05) is 0 Å². The lowest BCUT2D eigenvalue weighted by molar-refractivity contribution is -0.137. The van der Waals surface area contributed by atoms with Crippen molar-refractivity contribution in [3.8, 4) is 0 Å². The Hall–Kier alpha value is -0.650. The number of aliphatic hydroxyl groups excluding tert-OH is 1. The van der Waals surface area contributed by atoms with Gasteiger partial charge in [0.2, 0.25) is 5.91 Å². The van der Waals surface area contributed by atoms with Crippen LogP contribution in [0, 0.1) is 0 Å². The highest BCUT2D eigenvalue weighted by Crippen LogP contribution is 2.02. The molecule has 0 aromatic heterocycles. The summed E-state index contributed by atoms with van der Waals surface area (Å²) in [7, 11) is 1.69. The van der Waals surface area contributed by atoms with E-state index in [1.807, 2.05) is 6.92 Å². The lowest BCUT2D eigenvalue weighted by Crippen LogP contribution is -2.53. The van der Waals surface area contributed by atoms with Gasteiger partial charge in [0.25, 0.3) is 0 Å². The number of ether oxygens (including phenoxy) is 1. The fourth-order valence-electron chi connectivity index (χ4n) is 1.31. The number of aliphatic hydroxyl groups is 1. The number of carbonyl (C=O) groups is 1. The van der Waals surface area contributed by atoms with Gasteiger partial charge in [0, 0.05) is 13.6 Å². The fraction of sp³-hybridized carbons (Fsp3) is 0.889. The molecule has 1 amide bonds. The number of nitrogens with zero attached hydrogens (tertiary/aromatic N) is 1. The molecule has 1 saturated heterocycles. The Balaban J connectivity index is 2.46. The summed E-state index contributed by atoms with van der Waals surface area (Å²) < 4.78 is 5.19. The molecule has 82 valence electrons. The van der Waals surface area contributed by atoms with E-state index in [1.54, 1.807) is 11.9 Å². The van der Waals surface area contributed by atoms with E-state index in [0.29, 0.717) is 19.8 Å². The van der Waals surface area contributed by atoms with Crippen LogP contribution in [0.25, 0.3) is 0 Å². The zero-order chi connectivity index (χ0) is 10.6. The molecule has 0 aromatic rings. The molecule has 0 radical (unpaired) electrons. The third kappa shape index (κ3) is 2.67. The Bertz CT molecular complexity index is 188. The van der Waals surface area contributed by atoms with Crippen molar-refractivity contribution < 1.29 is 14.6 Å². The summed E-state index contributed by atoms with van der Waals surface area (Å²) in [5, 5.41) is 12.0. The highest BCUT2D eigenvalue weighted by Gasteiger charge is 2.26. The van der Waals surface area contributed by atoms with Crippen LogP contribution in [0.2, 0.25) is 0 Å². The van der Waals surface area contributed by atoms with Gasteiger partial charge in [-0.3, -0.25) is 4.79 Å². The van der Waals surface area contributed by atoms with E-state index >= 15 is 0 Å². The van der Waals surface area contributed by atoms with Gasteiger partial charge in [-0.05, 0) is 6.92 Å². The number of rotatable bonds is 3. The molecule has 0 aromatic carbocycles. The molecule has 0 saturated carbocycles. The largest absolute Gasteiger partial charge is 0.394 e. The normalized spacial score (nSPS) is 24.4. The predicted molar refractivity (Wildman–Crippen MR) is 51.9 cm³/mol. The van der Waals surface area contributed by atoms with Crippen molar-refractivity contribution in [1.82, 2.24) is 10.2 Å². The first kappa shape index (κ1) is 11.4. The predicted octanol–water partition coefficient (Wildman–Crippen LogP) is -1.19. The van der Waals surface area contributed by atoms with Crippen LogP contribution in [0.5, 0.6) is 0 Å². The molecule has 1 aliphatic rings. The first-order chi connectivity index (χ1) is 6.66. The van der Waals surface area contributed by atoms with Gasteiger partial charge in [0.1, 0.15) is 6.04 Å². The van der Waals surface area contributed by atoms with Gasteiger partial charge in [0.05, 0.1) is 25.9 Å². The van der Waals surface area contributed by atoms with E-state index in [9.17, 15) is 4.79 Å². The quantitative estimate of drug-likeness (QED) is 0.604. The minimum absolute atomic E-state index is 0.0180. The second-order valence-electron chi connectivity index (χ2n) is 3.56.